The van der Waals surface area contributed by atoms with Crippen LogP contribution in [0.15, 0.2) is 47.5 Å². The van der Waals surface area contributed by atoms with Crippen LogP contribution in [-0.4, -0.2) is 6.21 Å². The molecule has 0 N–H and O–H groups in total. The average Bonchev–Trinajstić information content (AvgIpc) is 2.27. The van der Waals surface area contributed by atoms with Crippen molar-refractivity contribution < 1.29 is 0 Å². The van der Waals surface area contributed by atoms with Crippen LogP contribution >= 0.6 is 34.8 Å². The van der Waals surface area contributed by atoms with Crippen molar-refractivity contribution in [2.45, 2.75) is 0 Å². The summed E-state index contributed by atoms with van der Waals surface area (Å²) in [5.41, 5.74) is 1.68. The van der Waals surface area contributed by atoms with Gasteiger partial charge in [-0.25, -0.2) is 0 Å². The molecule has 17 heavy (non-hydrogen) atoms. The first-order chi connectivity index (χ1) is 8.13. The van der Waals surface area contributed by atoms with Gasteiger partial charge in [-0.2, -0.15) is 0 Å². The van der Waals surface area contributed by atoms with Gasteiger partial charge in [0.1, 0.15) is 0 Å². The molecule has 0 bridgehead atoms. The Hall–Kier alpha value is -1.02. The predicted molar refractivity (Wildman–Crippen MR) is 75.2 cm³/mol. The first-order valence-electron chi connectivity index (χ1n) is 4.89. The zero-order chi connectivity index (χ0) is 12.3. The summed E-state index contributed by atoms with van der Waals surface area (Å²) in [6.07, 6.45) is 1.71. The van der Waals surface area contributed by atoms with E-state index < -0.39 is 0 Å². The molecule has 0 amide bonds. The van der Waals surface area contributed by atoms with E-state index in [4.69, 9.17) is 34.8 Å². The molecule has 0 saturated heterocycles. The lowest BCUT2D eigenvalue weighted by molar-refractivity contribution is 1.52. The minimum Gasteiger partial charge on any atom is -0.256 e. The van der Waals surface area contributed by atoms with Crippen LogP contribution in [0.25, 0.3) is 0 Å². The highest BCUT2D eigenvalue weighted by Crippen LogP contribution is 2.19. The Morgan fingerprint density at radius 2 is 1.35 bits per heavy atom. The molecule has 2 aromatic rings. The molecule has 86 valence electrons. The van der Waals surface area contributed by atoms with E-state index in [0.29, 0.717) is 15.1 Å². The standard InChI is InChI=1S/C13H8Cl3N/c14-10-1-3-13(4-2-10)17-8-9-5-11(15)7-12(16)6-9/h1-8H. The molecule has 0 aliphatic carbocycles. The highest BCUT2D eigenvalue weighted by Gasteiger charge is 1.95. The summed E-state index contributed by atoms with van der Waals surface area (Å²) in [4.78, 5) is 4.30. The minimum atomic E-state index is 0.593. The van der Waals surface area contributed by atoms with Gasteiger partial charge >= 0.3 is 0 Å². The number of benzene rings is 2. The molecule has 0 aliphatic rings. The third-order valence-corrected chi connectivity index (χ3v) is 2.76. The summed E-state index contributed by atoms with van der Waals surface area (Å²) in [5.74, 6) is 0. The molecule has 2 rings (SSSR count). The predicted octanol–water partition coefficient (Wildman–Crippen LogP) is 5.40. The van der Waals surface area contributed by atoms with E-state index in [1.807, 2.05) is 12.1 Å². The van der Waals surface area contributed by atoms with E-state index in [9.17, 15) is 0 Å². The van der Waals surface area contributed by atoms with E-state index in [0.717, 1.165) is 11.3 Å². The summed E-state index contributed by atoms with van der Waals surface area (Å²) in [7, 11) is 0. The molecule has 4 heteroatoms. The Morgan fingerprint density at radius 3 is 1.94 bits per heavy atom. The average molecular weight is 285 g/mol. The van der Waals surface area contributed by atoms with E-state index in [1.54, 1.807) is 36.5 Å². The molecule has 0 atom stereocenters. The SMILES string of the molecule is Clc1ccc(N=Cc2cc(Cl)cc(Cl)c2)cc1. The van der Waals surface area contributed by atoms with E-state index in [2.05, 4.69) is 4.99 Å². The lowest BCUT2D eigenvalue weighted by Crippen LogP contribution is -1.80. The summed E-state index contributed by atoms with van der Waals surface area (Å²) >= 11 is 17.6. The van der Waals surface area contributed by atoms with Gasteiger partial charge in [0.2, 0.25) is 0 Å². The fraction of sp³-hybridized carbons (Fsp3) is 0. The minimum absolute atomic E-state index is 0.593. The molecule has 0 aromatic heterocycles. The van der Waals surface area contributed by atoms with Crippen molar-refractivity contribution in [1.29, 1.82) is 0 Å². The molecule has 2 aromatic carbocycles. The van der Waals surface area contributed by atoms with Gasteiger partial charge in [-0.15, -0.1) is 0 Å². The first kappa shape index (κ1) is 12.4. The van der Waals surface area contributed by atoms with E-state index in [1.165, 1.54) is 0 Å². The molecule has 0 fully saturated rings. The highest BCUT2D eigenvalue weighted by atomic mass is 35.5. The van der Waals surface area contributed by atoms with Gasteiger partial charge in [0.05, 0.1) is 5.69 Å². The second-order valence-corrected chi connectivity index (χ2v) is 4.75. The molecule has 0 radical (unpaired) electrons. The van der Waals surface area contributed by atoms with Crippen LogP contribution in [-0.2, 0) is 0 Å². The fourth-order valence-electron chi connectivity index (χ4n) is 1.33. The van der Waals surface area contributed by atoms with Gasteiger partial charge in [0.25, 0.3) is 0 Å². The van der Waals surface area contributed by atoms with Crippen LogP contribution in [0.4, 0.5) is 5.69 Å². The zero-order valence-electron chi connectivity index (χ0n) is 8.70. The molecule has 0 saturated carbocycles. The van der Waals surface area contributed by atoms with Gasteiger partial charge in [0, 0.05) is 21.3 Å². The molecule has 0 aliphatic heterocycles. The maximum atomic E-state index is 5.89. The van der Waals surface area contributed by atoms with Gasteiger partial charge in [-0.1, -0.05) is 34.8 Å². The molecular weight excluding hydrogens is 277 g/mol. The Kier molecular flexibility index (Phi) is 4.06. The normalized spacial score (nSPS) is 11.0. The first-order valence-corrected chi connectivity index (χ1v) is 6.02. The Bertz CT molecular complexity index is 527. The molecule has 0 heterocycles. The van der Waals surface area contributed by atoms with Crippen molar-refractivity contribution >= 4 is 46.7 Å². The van der Waals surface area contributed by atoms with E-state index in [-0.39, 0.29) is 0 Å². The smallest absolute Gasteiger partial charge is 0.0630 e. The Labute approximate surface area is 115 Å². The van der Waals surface area contributed by atoms with Gasteiger partial charge < -0.3 is 0 Å². The molecular formula is C13H8Cl3N. The van der Waals surface area contributed by atoms with Gasteiger partial charge in [-0.05, 0) is 48.0 Å². The van der Waals surface area contributed by atoms with E-state index >= 15 is 0 Å². The van der Waals surface area contributed by atoms with Crippen molar-refractivity contribution in [1.82, 2.24) is 0 Å². The van der Waals surface area contributed by atoms with Crippen LogP contribution < -0.4 is 0 Å². The van der Waals surface area contributed by atoms with Gasteiger partial charge in [-0.3, -0.25) is 4.99 Å². The maximum Gasteiger partial charge on any atom is 0.0630 e. The zero-order valence-corrected chi connectivity index (χ0v) is 11.0. The number of rotatable bonds is 2. The summed E-state index contributed by atoms with van der Waals surface area (Å²) < 4.78 is 0. The van der Waals surface area contributed by atoms with Crippen molar-refractivity contribution in [2.24, 2.45) is 4.99 Å². The number of nitrogens with zero attached hydrogens (tertiary/aromatic N) is 1. The third kappa shape index (κ3) is 3.74. The maximum absolute atomic E-state index is 5.89. The van der Waals surface area contributed by atoms with Crippen LogP contribution in [0.1, 0.15) is 5.56 Å². The second kappa shape index (κ2) is 5.54. The summed E-state index contributed by atoms with van der Waals surface area (Å²) in [6, 6.07) is 12.5. The number of halogens is 3. The topological polar surface area (TPSA) is 12.4 Å². The molecule has 0 spiro atoms. The van der Waals surface area contributed by atoms with Crippen molar-refractivity contribution in [3.63, 3.8) is 0 Å². The number of aliphatic imine (C=N–C) groups is 1. The lowest BCUT2D eigenvalue weighted by atomic mass is 10.2. The third-order valence-electron chi connectivity index (χ3n) is 2.07. The second-order valence-electron chi connectivity index (χ2n) is 3.44. The molecule has 0 unspecified atom stereocenters. The lowest BCUT2D eigenvalue weighted by Gasteiger charge is -1.97. The Balaban J connectivity index is 2.22. The van der Waals surface area contributed by atoms with Crippen LogP contribution in [0.2, 0.25) is 15.1 Å². The number of hydrogen-bond acceptors (Lipinski definition) is 1. The Morgan fingerprint density at radius 1 is 0.765 bits per heavy atom. The largest absolute Gasteiger partial charge is 0.256 e. The summed E-state index contributed by atoms with van der Waals surface area (Å²) in [5, 5.41) is 1.87. The van der Waals surface area contributed by atoms with Crippen LogP contribution in [0.3, 0.4) is 0 Å². The monoisotopic (exact) mass is 283 g/mol. The van der Waals surface area contributed by atoms with Crippen molar-refractivity contribution in [3.05, 3.63) is 63.1 Å². The quantitative estimate of drug-likeness (QED) is 0.655. The van der Waals surface area contributed by atoms with Crippen LogP contribution in [0.5, 0.6) is 0 Å². The van der Waals surface area contributed by atoms with Crippen molar-refractivity contribution in [3.8, 4) is 0 Å². The van der Waals surface area contributed by atoms with Crippen molar-refractivity contribution in [2.75, 3.05) is 0 Å². The van der Waals surface area contributed by atoms with Crippen LogP contribution in [0, 0.1) is 0 Å². The number of hydrogen-bond donors (Lipinski definition) is 0. The highest BCUT2D eigenvalue weighted by molar-refractivity contribution is 6.35. The summed E-state index contributed by atoms with van der Waals surface area (Å²) in [6.45, 7) is 0. The molecule has 1 nitrogen and oxygen atoms in total. The van der Waals surface area contributed by atoms with Gasteiger partial charge in [0.15, 0.2) is 0 Å². The fourth-order valence-corrected chi connectivity index (χ4v) is 1.99.